The molecule has 1 aromatic heterocycles. The van der Waals surface area contributed by atoms with Crippen LogP contribution in [0.25, 0.3) is 16.9 Å². The van der Waals surface area contributed by atoms with Crippen LogP contribution < -0.4 is 4.74 Å². The highest BCUT2D eigenvalue weighted by molar-refractivity contribution is 5.97. The SMILES string of the molecule is CCOC(=O)C1CCN(C(=O)COC(=O)c2cn(-c3ccc(F)cc3)nc2-c2cccc(OC)c2)CC1. The van der Waals surface area contributed by atoms with E-state index in [1.54, 1.807) is 36.1 Å². The van der Waals surface area contributed by atoms with E-state index in [2.05, 4.69) is 5.10 Å². The van der Waals surface area contributed by atoms with Gasteiger partial charge in [-0.25, -0.2) is 13.9 Å². The molecule has 2 heterocycles. The van der Waals surface area contributed by atoms with E-state index in [-0.39, 0.29) is 23.4 Å². The van der Waals surface area contributed by atoms with Gasteiger partial charge in [-0.15, -0.1) is 0 Å². The van der Waals surface area contributed by atoms with Crippen LogP contribution in [0.4, 0.5) is 4.39 Å². The van der Waals surface area contributed by atoms with Gasteiger partial charge in [0, 0.05) is 24.8 Å². The summed E-state index contributed by atoms with van der Waals surface area (Å²) in [6.07, 6.45) is 2.49. The number of carbonyl (C=O) groups is 3. The molecule has 1 aliphatic rings. The third-order valence-electron chi connectivity index (χ3n) is 6.16. The van der Waals surface area contributed by atoms with E-state index in [1.807, 2.05) is 0 Å². The summed E-state index contributed by atoms with van der Waals surface area (Å²) in [5.74, 6) is -1.35. The van der Waals surface area contributed by atoms with E-state index in [9.17, 15) is 18.8 Å². The molecule has 0 saturated carbocycles. The molecule has 0 aliphatic carbocycles. The van der Waals surface area contributed by atoms with Crippen LogP contribution in [0, 0.1) is 11.7 Å². The predicted molar refractivity (Wildman–Crippen MR) is 132 cm³/mol. The molecule has 194 valence electrons. The molecular weight excluding hydrogens is 481 g/mol. The van der Waals surface area contributed by atoms with Gasteiger partial charge in [-0.3, -0.25) is 9.59 Å². The van der Waals surface area contributed by atoms with Gasteiger partial charge in [0.1, 0.15) is 22.8 Å². The Bertz CT molecular complexity index is 1270. The number of rotatable bonds is 8. The zero-order valence-corrected chi connectivity index (χ0v) is 20.7. The predicted octanol–water partition coefficient (Wildman–Crippen LogP) is 3.65. The van der Waals surface area contributed by atoms with Crippen LogP contribution in [0.15, 0.2) is 54.7 Å². The van der Waals surface area contributed by atoms with Crippen molar-refractivity contribution < 1.29 is 33.0 Å². The summed E-state index contributed by atoms with van der Waals surface area (Å²) in [7, 11) is 1.53. The first-order valence-corrected chi connectivity index (χ1v) is 12.0. The topological polar surface area (TPSA) is 100.0 Å². The number of halogens is 1. The Hall–Kier alpha value is -4.21. The third-order valence-corrected chi connectivity index (χ3v) is 6.16. The van der Waals surface area contributed by atoms with Crippen LogP contribution in [-0.2, 0) is 19.1 Å². The zero-order chi connectivity index (χ0) is 26.4. The van der Waals surface area contributed by atoms with Crippen LogP contribution in [-0.4, -0.2) is 65.9 Å². The molecule has 0 N–H and O–H groups in total. The number of hydrogen-bond acceptors (Lipinski definition) is 7. The van der Waals surface area contributed by atoms with Crippen molar-refractivity contribution in [1.82, 2.24) is 14.7 Å². The van der Waals surface area contributed by atoms with E-state index >= 15 is 0 Å². The number of aromatic nitrogens is 2. The molecule has 10 heteroatoms. The molecule has 0 radical (unpaired) electrons. The largest absolute Gasteiger partial charge is 0.497 e. The van der Waals surface area contributed by atoms with Crippen molar-refractivity contribution in [2.75, 3.05) is 33.4 Å². The number of likely N-dealkylation sites (tertiary alicyclic amines) is 1. The van der Waals surface area contributed by atoms with Gasteiger partial charge < -0.3 is 19.1 Å². The number of hydrogen-bond donors (Lipinski definition) is 0. The van der Waals surface area contributed by atoms with Gasteiger partial charge in [0.25, 0.3) is 5.91 Å². The molecule has 9 nitrogen and oxygen atoms in total. The van der Waals surface area contributed by atoms with Crippen molar-refractivity contribution in [2.45, 2.75) is 19.8 Å². The number of piperidine rings is 1. The van der Waals surface area contributed by atoms with Crippen LogP contribution in [0.5, 0.6) is 5.75 Å². The van der Waals surface area contributed by atoms with Gasteiger partial charge in [0.2, 0.25) is 0 Å². The maximum absolute atomic E-state index is 13.4. The summed E-state index contributed by atoms with van der Waals surface area (Å²) < 4.78 is 30.6. The second kappa shape index (κ2) is 11.7. The first kappa shape index (κ1) is 25.9. The van der Waals surface area contributed by atoms with Crippen molar-refractivity contribution in [2.24, 2.45) is 5.92 Å². The summed E-state index contributed by atoms with van der Waals surface area (Å²) in [5.41, 5.74) is 1.63. The fourth-order valence-electron chi connectivity index (χ4n) is 4.15. The van der Waals surface area contributed by atoms with Gasteiger partial charge in [-0.1, -0.05) is 12.1 Å². The van der Waals surface area contributed by atoms with Gasteiger partial charge in [0.15, 0.2) is 6.61 Å². The second-order valence-corrected chi connectivity index (χ2v) is 8.53. The van der Waals surface area contributed by atoms with E-state index in [0.29, 0.717) is 55.2 Å². The minimum absolute atomic E-state index is 0.145. The quantitative estimate of drug-likeness (QED) is 0.428. The molecule has 0 bridgehead atoms. The summed E-state index contributed by atoms with van der Waals surface area (Å²) >= 11 is 0. The van der Waals surface area contributed by atoms with Crippen molar-refractivity contribution in [3.05, 3.63) is 66.1 Å². The van der Waals surface area contributed by atoms with E-state index in [1.165, 1.54) is 42.3 Å². The zero-order valence-electron chi connectivity index (χ0n) is 20.7. The molecule has 1 saturated heterocycles. The average molecular weight is 510 g/mol. The average Bonchev–Trinajstić information content (AvgIpc) is 3.38. The van der Waals surface area contributed by atoms with Crippen molar-refractivity contribution in [1.29, 1.82) is 0 Å². The van der Waals surface area contributed by atoms with E-state index in [0.717, 1.165) is 0 Å². The summed E-state index contributed by atoms with van der Waals surface area (Å²) in [4.78, 5) is 39.3. The molecule has 1 fully saturated rings. The maximum Gasteiger partial charge on any atom is 0.342 e. The number of nitrogens with zero attached hydrogens (tertiary/aromatic N) is 3. The van der Waals surface area contributed by atoms with Gasteiger partial charge in [0.05, 0.1) is 25.3 Å². The van der Waals surface area contributed by atoms with Crippen LogP contribution in [0.3, 0.4) is 0 Å². The van der Waals surface area contributed by atoms with Crippen LogP contribution in [0.2, 0.25) is 0 Å². The molecule has 2 aromatic carbocycles. The first-order chi connectivity index (χ1) is 17.9. The van der Waals surface area contributed by atoms with Crippen molar-refractivity contribution in [3.63, 3.8) is 0 Å². The highest BCUT2D eigenvalue weighted by Crippen LogP contribution is 2.28. The van der Waals surface area contributed by atoms with Crippen LogP contribution >= 0.6 is 0 Å². The Morgan fingerprint density at radius 1 is 1.05 bits per heavy atom. The first-order valence-electron chi connectivity index (χ1n) is 12.0. The maximum atomic E-state index is 13.4. The fourth-order valence-corrected chi connectivity index (χ4v) is 4.15. The monoisotopic (exact) mass is 509 g/mol. The molecule has 1 aliphatic heterocycles. The lowest BCUT2D eigenvalue weighted by Gasteiger charge is -2.30. The molecule has 0 spiro atoms. The minimum atomic E-state index is -0.721. The van der Waals surface area contributed by atoms with Crippen molar-refractivity contribution >= 4 is 17.8 Å². The molecule has 0 atom stereocenters. The van der Waals surface area contributed by atoms with Gasteiger partial charge in [-0.2, -0.15) is 5.10 Å². The van der Waals surface area contributed by atoms with Crippen molar-refractivity contribution in [3.8, 4) is 22.7 Å². The molecule has 4 rings (SSSR count). The lowest BCUT2D eigenvalue weighted by Crippen LogP contribution is -2.42. The lowest BCUT2D eigenvalue weighted by atomic mass is 9.97. The molecular formula is C27H28FN3O6. The van der Waals surface area contributed by atoms with Crippen LogP contribution in [0.1, 0.15) is 30.1 Å². The molecule has 1 amide bonds. The summed E-state index contributed by atoms with van der Waals surface area (Å²) in [5, 5.41) is 4.53. The third kappa shape index (κ3) is 6.14. The Balaban J connectivity index is 1.48. The lowest BCUT2D eigenvalue weighted by molar-refractivity contribution is -0.151. The Morgan fingerprint density at radius 2 is 1.78 bits per heavy atom. The van der Waals surface area contributed by atoms with Gasteiger partial charge in [-0.05, 0) is 56.2 Å². The molecule has 3 aromatic rings. The summed E-state index contributed by atoms with van der Waals surface area (Å²) in [6, 6.07) is 12.7. The molecule has 0 unspecified atom stereocenters. The number of ether oxygens (including phenoxy) is 3. The highest BCUT2D eigenvalue weighted by Gasteiger charge is 2.29. The molecule has 37 heavy (non-hydrogen) atoms. The Morgan fingerprint density at radius 3 is 2.46 bits per heavy atom. The second-order valence-electron chi connectivity index (χ2n) is 8.53. The number of esters is 2. The number of methoxy groups -OCH3 is 1. The fraction of sp³-hybridized carbons (Fsp3) is 0.333. The highest BCUT2D eigenvalue weighted by atomic mass is 19.1. The number of benzene rings is 2. The minimum Gasteiger partial charge on any atom is -0.497 e. The summed E-state index contributed by atoms with van der Waals surface area (Å²) in [6.45, 7) is 2.41. The van der Waals surface area contributed by atoms with Gasteiger partial charge >= 0.3 is 11.9 Å². The normalized spacial score (nSPS) is 13.8. The Labute approximate surface area is 213 Å². The van der Waals surface area contributed by atoms with E-state index in [4.69, 9.17) is 14.2 Å². The number of carbonyl (C=O) groups excluding carboxylic acids is 3. The van der Waals surface area contributed by atoms with E-state index < -0.39 is 18.4 Å². The Kier molecular flexibility index (Phi) is 8.17. The smallest absolute Gasteiger partial charge is 0.342 e. The standard InChI is InChI=1S/C27H28FN3O6/c1-3-36-26(33)18-11-13-30(14-12-18)24(32)17-37-27(34)23-16-31(21-9-7-20(28)8-10-21)29-25(23)19-5-4-6-22(15-19)35-2/h4-10,15-16,18H,3,11-14,17H2,1-2H3. The number of amides is 1.